The van der Waals surface area contributed by atoms with Crippen molar-refractivity contribution in [3.8, 4) is 0 Å². The molecule has 0 aromatic rings. The summed E-state index contributed by atoms with van der Waals surface area (Å²) in [5.41, 5.74) is 0.0111. The number of carbonyl (C=O) groups is 1. The summed E-state index contributed by atoms with van der Waals surface area (Å²) >= 11 is 0. The van der Waals surface area contributed by atoms with Gasteiger partial charge in [0.1, 0.15) is 6.10 Å². The molecule has 0 spiro atoms. The smallest absolute Gasteiger partial charge is 0.334 e. The van der Waals surface area contributed by atoms with Crippen molar-refractivity contribution < 1.29 is 24.5 Å². The number of hydrogen-bond acceptors (Lipinski definition) is 5. The molecule has 5 nitrogen and oxygen atoms in total. The molecule has 5 heteroatoms. The van der Waals surface area contributed by atoms with Crippen LogP contribution >= 0.6 is 0 Å². The van der Waals surface area contributed by atoms with E-state index in [1.54, 1.807) is 0 Å². The molecule has 112 valence electrons. The average molecular weight is 282 g/mol. The first-order valence-electron chi connectivity index (χ1n) is 7.24. The van der Waals surface area contributed by atoms with Crippen molar-refractivity contribution in [1.29, 1.82) is 0 Å². The highest BCUT2D eigenvalue weighted by atomic mass is 16.7. The third-order valence-corrected chi connectivity index (χ3v) is 5.52. The van der Waals surface area contributed by atoms with Gasteiger partial charge in [-0.15, -0.1) is 0 Å². The summed E-state index contributed by atoms with van der Waals surface area (Å²) in [7, 11) is 0. The van der Waals surface area contributed by atoms with Gasteiger partial charge < -0.3 is 19.7 Å². The predicted octanol–water partition coefficient (Wildman–Crippen LogP) is 1.19. The second kappa shape index (κ2) is 4.55. The lowest BCUT2D eigenvalue weighted by Gasteiger charge is -2.48. The number of fused-ring (bicyclic) bond motifs is 2. The maximum atomic E-state index is 11.7. The van der Waals surface area contributed by atoms with Crippen LogP contribution in [0.2, 0.25) is 0 Å². The van der Waals surface area contributed by atoms with E-state index in [4.69, 9.17) is 9.47 Å². The van der Waals surface area contributed by atoms with E-state index in [0.717, 1.165) is 6.42 Å². The van der Waals surface area contributed by atoms with Crippen LogP contribution in [0.3, 0.4) is 0 Å². The van der Waals surface area contributed by atoms with Crippen LogP contribution in [0.4, 0.5) is 0 Å². The molecule has 2 aliphatic heterocycles. The quantitative estimate of drug-likeness (QED) is 0.515. The van der Waals surface area contributed by atoms with Gasteiger partial charge in [-0.3, -0.25) is 0 Å². The Kier molecular flexibility index (Phi) is 3.19. The molecule has 2 heterocycles. The van der Waals surface area contributed by atoms with Crippen LogP contribution in [0, 0.1) is 23.2 Å². The largest absolute Gasteiger partial charge is 0.458 e. The molecule has 0 radical (unpaired) electrons. The molecule has 3 aliphatic rings. The Morgan fingerprint density at radius 2 is 2.05 bits per heavy atom. The van der Waals surface area contributed by atoms with Gasteiger partial charge in [0.05, 0.1) is 0 Å². The molecule has 7 atom stereocenters. The lowest BCUT2D eigenvalue weighted by molar-refractivity contribution is -0.304. The van der Waals surface area contributed by atoms with Crippen LogP contribution in [0.1, 0.15) is 33.1 Å². The van der Waals surface area contributed by atoms with E-state index >= 15 is 0 Å². The van der Waals surface area contributed by atoms with Gasteiger partial charge in [-0.05, 0) is 24.7 Å². The molecular formula is C15H22O5. The SMILES string of the molecule is C=C1C(=O)O[C@@H]2C[C@H](C)[C@@H]3C[C@H](O)O[C@H](O)[C@@]3(C)C[C@H]12. The van der Waals surface area contributed by atoms with Crippen molar-refractivity contribution >= 4 is 5.97 Å². The zero-order valence-corrected chi connectivity index (χ0v) is 11.9. The van der Waals surface area contributed by atoms with E-state index in [2.05, 4.69) is 13.5 Å². The lowest BCUT2D eigenvalue weighted by Crippen LogP contribution is -2.51. The van der Waals surface area contributed by atoms with Crippen LogP contribution in [0.25, 0.3) is 0 Å². The predicted molar refractivity (Wildman–Crippen MR) is 70.2 cm³/mol. The summed E-state index contributed by atoms with van der Waals surface area (Å²) in [5.74, 6) is -0.00537. The van der Waals surface area contributed by atoms with Crippen molar-refractivity contribution in [3.05, 3.63) is 12.2 Å². The van der Waals surface area contributed by atoms with Gasteiger partial charge >= 0.3 is 5.97 Å². The molecular weight excluding hydrogens is 260 g/mol. The maximum absolute atomic E-state index is 11.7. The van der Waals surface area contributed by atoms with Crippen molar-refractivity contribution in [1.82, 2.24) is 0 Å². The normalized spacial score (nSPS) is 52.0. The Morgan fingerprint density at radius 1 is 1.35 bits per heavy atom. The fourth-order valence-electron chi connectivity index (χ4n) is 4.31. The molecule has 0 aromatic heterocycles. The fraction of sp³-hybridized carbons (Fsp3) is 0.800. The molecule has 2 N–H and O–H groups in total. The van der Waals surface area contributed by atoms with Crippen LogP contribution in [0.5, 0.6) is 0 Å². The number of hydrogen-bond donors (Lipinski definition) is 2. The first-order valence-corrected chi connectivity index (χ1v) is 7.24. The van der Waals surface area contributed by atoms with E-state index in [-0.39, 0.29) is 29.8 Å². The number of aliphatic hydroxyl groups is 2. The van der Waals surface area contributed by atoms with Crippen molar-refractivity contribution in [2.75, 3.05) is 0 Å². The van der Waals surface area contributed by atoms with Gasteiger partial charge in [0.15, 0.2) is 12.6 Å². The first-order chi connectivity index (χ1) is 9.33. The summed E-state index contributed by atoms with van der Waals surface area (Å²) in [6, 6.07) is 0. The molecule has 1 aliphatic carbocycles. The first kappa shape index (κ1) is 14.0. The lowest BCUT2D eigenvalue weighted by atomic mass is 9.65. The van der Waals surface area contributed by atoms with E-state index in [0.29, 0.717) is 18.4 Å². The van der Waals surface area contributed by atoms with Crippen molar-refractivity contribution in [2.45, 2.75) is 51.8 Å². The average Bonchev–Trinajstić information content (AvgIpc) is 2.55. The van der Waals surface area contributed by atoms with Gasteiger partial charge in [-0.2, -0.15) is 0 Å². The molecule has 20 heavy (non-hydrogen) atoms. The Labute approximate surface area is 118 Å². The minimum Gasteiger partial charge on any atom is -0.458 e. The highest BCUT2D eigenvalue weighted by Crippen LogP contribution is 2.54. The Bertz CT molecular complexity index is 448. The standard InChI is InChI=1S/C15H22O5/c1-7-4-11-9(8(2)13(17)19-11)6-15(3)10(7)5-12(16)20-14(15)18/h7,9-12,14,16,18H,2,4-6H2,1,3H3/t7-,9+,10-,11+,12+,14-,15-/m0/s1. The van der Waals surface area contributed by atoms with E-state index in [9.17, 15) is 15.0 Å². The second-order valence-corrected chi connectivity index (χ2v) is 6.78. The highest BCUT2D eigenvalue weighted by Gasteiger charge is 2.56. The van der Waals surface area contributed by atoms with Gasteiger partial charge in [0.2, 0.25) is 0 Å². The van der Waals surface area contributed by atoms with E-state index in [1.165, 1.54) is 0 Å². The highest BCUT2D eigenvalue weighted by molar-refractivity contribution is 5.90. The fourth-order valence-corrected chi connectivity index (χ4v) is 4.31. The summed E-state index contributed by atoms with van der Waals surface area (Å²) in [4.78, 5) is 11.7. The summed E-state index contributed by atoms with van der Waals surface area (Å²) < 4.78 is 10.6. The summed E-state index contributed by atoms with van der Waals surface area (Å²) in [6.45, 7) is 7.91. The summed E-state index contributed by atoms with van der Waals surface area (Å²) in [6.07, 6.45) is -0.249. The topological polar surface area (TPSA) is 76.0 Å². The van der Waals surface area contributed by atoms with E-state index < -0.39 is 18.0 Å². The molecule has 0 aromatic carbocycles. The monoisotopic (exact) mass is 282 g/mol. The third kappa shape index (κ3) is 1.91. The zero-order chi connectivity index (χ0) is 14.7. The number of aliphatic hydroxyl groups excluding tert-OH is 2. The zero-order valence-electron chi connectivity index (χ0n) is 11.9. The molecule has 3 fully saturated rings. The van der Waals surface area contributed by atoms with Crippen LogP contribution < -0.4 is 0 Å². The summed E-state index contributed by atoms with van der Waals surface area (Å²) in [5, 5.41) is 20.1. The Hall–Kier alpha value is -0.910. The van der Waals surface area contributed by atoms with Gasteiger partial charge in [-0.1, -0.05) is 20.4 Å². The molecule has 1 saturated carbocycles. The molecule has 2 saturated heterocycles. The maximum Gasteiger partial charge on any atom is 0.334 e. The van der Waals surface area contributed by atoms with Crippen molar-refractivity contribution in [3.63, 3.8) is 0 Å². The number of carbonyl (C=O) groups excluding carboxylic acids is 1. The Balaban J connectivity index is 1.96. The second-order valence-electron chi connectivity index (χ2n) is 6.78. The van der Waals surface area contributed by atoms with Crippen LogP contribution in [-0.2, 0) is 14.3 Å². The van der Waals surface area contributed by atoms with Crippen molar-refractivity contribution in [2.24, 2.45) is 23.2 Å². The van der Waals surface area contributed by atoms with Crippen LogP contribution in [0.15, 0.2) is 12.2 Å². The molecule has 0 amide bonds. The van der Waals surface area contributed by atoms with E-state index in [1.807, 2.05) is 6.92 Å². The minimum absolute atomic E-state index is 0.0616. The third-order valence-electron chi connectivity index (χ3n) is 5.52. The number of ether oxygens (including phenoxy) is 2. The van der Waals surface area contributed by atoms with Crippen LogP contribution in [-0.4, -0.2) is 34.9 Å². The van der Waals surface area contributed by atoms with Gasteiger partial charge in [0.25, 0.3) is 0 Å². The van der Waals surface area contributed by atoms with Gasteiger partial charge in [0, 0.05) is 23.3 Å². The number of esters is 1. The van der Waals surface area contributed by atoms with Gasteiger partial charge in [-0.25, -0.2) is 4.79 Å². The molecule has 0 unspecified atom stereocenters. The molecule has 0 bridgehead atoms. The number of rotatable bonds is 0. The molecule has 3 rings (SSSR count). The minimum atomic E-state index is -1.03. The Morgan fingerprint density at radius 3 is 2.75 bits per heavy atom.